The van der Waals surface area contributed by atoms with Gasteiger partial charge >= 0.3 is 5.97 Å². The normalized spacial score (nSPS) is 11.5. The van der Waals surface area contributed by atoms with E-state index in [0.717, 1.165) is 11.1 Å². The van der Waals surface area contributed by atoms with Gasteiger partial charge in [0.25, 0.3) is 0 Å². The van der Waals surface area contributed by atoms with Crippen LogP contribution in [0.4, 0.5) is 5.69 Å². The summed E-state index contributed by atoms with van der Waals surface area (Å²) in [5.74, 6) is -1.16. The molecule has 0 spiro atoms. The molecule has 0 fully saturated rings. The number of methoxy groups -OCH3 is 1. The Kier molecular flexibility index (Phi) is 6.40. The summed E-state index contributed by atoms with van der Waals surface area (Å²) in [6, 6.07) is 18.0. The Hall–Kier alpha value is -3.18. The number of benzene rings is 2. The van der Waals surface area contributed by atoms with E-state index in [-0.39, 0.29) is 16.5 Å². The van der Waals surface area contributed by atoms with E-state index in [1.165, 1.54) is 13.2 Å². The quantitative estimate of drug-likeness (QED) is 0.625. The topological polar surface area (TPSA) is 68.3 Å². The summed E-state index contributed by atoms with van der Waals surface area (Å²) in [5, 5.41) is 3.15. The average molecular weight is 395 g/mol. The van der Waals surface area contributed by atoms with Crippen molar-refractivity contribution in [3.05, 3.63) is 94.8 Å². The van der Waals surface area contributed by atoms with Crippen molar-refractivity contribution in [2.45, 2.75) is 12.3 Å². The van der Waals surface area contributed by atoms with Gasteiger partial charge in [-0.15, -0.1) is 0 Å². The summed E-state index contributed by atoms with van der Waals surface area (Å²) in [7, 11) is 1.28. The highest BCUT2D eigenvalue weighted by molar-refractivity contribution is 6.33. The summed E-state index contributed by atoms with van der Waals surface area (Å²) < 4.78 is 4.73. The fraction of sp³-hybridized carbons (Fsp3) is 0.136. The maximum Gasteiger partial charge on any atom is 0.339 e. The largest absolute Gasteiger partial charge is 0.465 e. The molecule has 1 N–H and O–H groups in total. The molecule has 1 atom stereocenters. The number of halogens is 1. The van der Waals surface area contributed by atoms with Crippen LogP contribution in [0.25, 0.3) is 0 Å². The molecule has 3 rings (SSSR count). The minimum Gasteiger partial charge on any atom is -0.465 e. The van der Waals surface area contributed by atoms with E-state index in [2.05, 4.69) is 10.3 Å². The van der Waals surface area contributed by atoms with Gasteiger partial charge < -0.3 is 10.1 Å². The lowest BCUT2D eigenvalue weighted by molar-refractivity contribution is -0.117. The van der Waals surface area contributed by atoms with Gasteiger partial charge in [-0.1, -0.05) is 48.0 Å². The van der Waals surface area contributed by atoms with Crippen molar-refractivity contribution in [2.75, 3.05) is 12.4 Å². The van der Waals surface area contributed by atoms with E-state index in [9.17, 15) is 9.59 Å². The van der Waals surface area contributed by atoms with Gasteiger partial charge in [0.2, 0.25) is 5.91 Å². The van der Waals surface area contributed by atoms with Gasteiger partial charge in [0, 0.05) is 18.1 Å². The number of pyridine rings is 1. The molecule has 1 amide bonds. The number of ether oxygens (including phenoxy) is 1. The van der Waals surface area contributed by atoms with Crippen LogP contribution in [0.2, 0.25) is 5.02 Å². The highest BCUT2D eigenvalue weighted by atomic mass is 35.5. The van der Waals surface area contributed by atoms with Crippen LogP contribution in [-0.2, 0) is 16.0 Å². The first kappa shape index (κ1) is 19.6. The number of hydrogen-bond acceptors (Lipinski definition) is 4. The zero-order valence-corrected chi connectivity index (χ0v) is 16.0. The van der Waals surface area contributed by atoms with Gasteiger partial charge in [-0.3, -0.25) is 9.78 Å². The molecular weight excluding hydrogens is 376 g/mol. The number of amides is 1. The first-order chi connectivity index (χ1) is 13.6. The second-order valence-corrected chi connectivity index (χ2v) is 6.61. The number of esters is 1. The molecule has 1 unspecified atom stereocenters. The second kappa shape index (κ2) is 9.15. The Balaban J connectivity index is 1.87. The number of hydrogen-bond donors (Lipinski definition) is 1. The number of carbonyl (C=O) groups is 2. The first-order valence-electron chi connectivity index (χ1n) is 8.71. The number of rotatable bonds is 6. The number of aromatic nitrogens is 1. The minimum atomic E-state index is -0.559. The van der Waals surface area contributed by atoms with Gasteiger partial charge in [0.15, 0.2) is 0 Å². The van der Waals surface area contributed by atoms with Crippen molar-refractivity contribution in [3.8, 4) is 0 Å². The summed E-state index contributed by atoms with van der Waals surface area (Å²) in [5.41, 5.74) is 2.52. The van der Waals surface area contributed by atoms with Crippen LogP contribution in [0, 0.1) is 0 Å². The minimum absolute atomic E-state index is 0.187. The second-order valence-electron chi connectivity index (χ2n) is 6.20. The van der Waals surface area contributed by atoms with Crippen LogP contribution in [0.3, 0.4) is 0 Å². The van der Waals surface area contributed by atoms with Crippen molar-refractivity contribution >= 4 is 29.2 Å². The lowest BCUT2D eigenvalue weighted by Gasteiger charge is -2.18. The summed E-state index contributed by atoms with van der Waals surface area (Å²) in [6.45, 7) is 0. The van der Waals surface area contributed by atoms with E-state index in [0.29, 0.717) is 12.1 Å². The molecule has 2 aromatic carbocycles. The number of nitrogens with one attached hydrogen (secondary N) is 1. The molecular formula is C22H19ClN2O3. The molecule has 0 aliphatic carbocycles. The monoisotopic (exact) mass is 394 g/mol. The maximum atomic E-state index is 13.1. The fourth-order valence-corrected chi connectivity index (χ4v) is 3.10. The Morgan fingerprint density at radius 3 is 2.57 bits per heavy atom. The predicted octanol–water partition coefficient (Wildman–Crippen LogP) is 4.49. The van der Waals surface area contributed by atoms with Gasteiger partial charge in [-0.2, -0.15) is 0 Å². The zero-order valence-electron chi connectivity index (χ0n) is 15.3. The Labute approximate surface area is 168 Å². The molecule has 28 heavy (non-hydrogen) atoms. The third-order valence-corrected chi connectivity index (χ3v) is 4.65. The molecule has 0 radical (unpaired) electrons. The molecule has 0 aliphatic heterocycles. The number of carbonyl (C=O) groups excluding carboxylic acids is 2. The number of nitrogens with zero attached hydrogens (tertiary/aromatic N) is 1. The molecule has 0 aliphatic rings. The lowest BCUT2D eigenvalue weighted by atomic mass is 9.91. The SMILES string of the molecule is COC(=O)c1cc(NC(=O)C(Cc2cccnc2)c2ccccc2)ccc1Cl. The number of anilines is 1. The fourth-order valence-electron chi connectivity index (χ4n) is 2.90. The van der Waals surface area contributed by atoms with Gasteiger partial charge in [-0.05, 0) is 41.8 Å². The molecule has 142 valence electrons. The van der Waals surface area contributed by atoms with Gasteiger partial charge in [0.1, 0.15) is 0 Å². The Morgan fingerprint density at radius 1 is 1.11 bits per heavy atom. The van der Waals surface area contributed by atoms with Crippen molar-refractivity contribution in [3.63, 3.8) is 0 Å². The van der Waals surface area contributed by atoms with Crippen molar-refractivity contribution in [1.82, 2.24) is 4.98 Å². The van der Waals surface area contributed by atoms with E-state index < -0.39 is 11.9 Å². The predicted molar refractivity (Wildman–Crippen MR) is 109 cm³/mol. The van der Waals surface area contributed by atoms with E-state index in [4.69, 9.17) is 16.3 Å². The molecule has 1 heterocycles. The highest BCUT2D eigenvalue weighted by Crippen LogP contribution is 2.25. The van der Waals surface area contributed by atoms with Crippen LogP contribution in [0.5, 0.6) is 0 Å². The molecule has 3 aromatic rings. The van der Waals surface area contributed by atoms with Crippen LogP contribution in [0.15, 0.2) is 73.1 Å². The van der Waals surface area contributed by atoms with Crippen molar-refractivity contribution < 1.29 is 14.3 Å². The van der Waals surface area contributed by atoms with Crippen LogP contribution in [-0.4, -0.2) is 24.0 Å². The molecule has 0 saturated heterocycles. The lowest BCUT2D eigenvalue weighted by Crippen LogP contribution is -2.23. The van der Waals surface area contributed by atoms with E-state index in [1.54, 1.807) is 24.5 Å². The van der Waals surface area contributed by atoms with Crippen molar-refractivity contribution in [2.24, 2.45) is 0 Å². The van der Waals surface area contributed by atoms with Gasteiger partial charge in [0.05, 0.1) is 23.6 Å². The standard InChI is InChI=1S/C22H19ClN2O3/c1-28-22(27)19-13-17(9-10-20(19)23)25-21(26)18(16-7-3-2-4-8-16)12-15-6-5-11-24-14-15/h2-11,13-14,18H,12H2,1H3,(H,25,26). The van der Waals surface area contributed by atoms with E-state index in [1.807, 2.05) is 42.5 Å². The van der Waals surface area contributed by atoms with Crippen LogP contribution in [0.1, 0.15) is 27.4 Å². The third kappa shape index (κ3) is 4.75. The summed E-state index contributed by atoms with van der Waals surface area (Å²) in [4.78, 5) is 29.0. The smallest absolute Gasteiger partial charge is 0.339 e. The first-order valence-corrected chi connectivity index (χ1v) is 9.09. The Morgan fingerprint density at radius 2 is 1.89 bits per heavy atom. The van der Waals surface area contributed by atoms with Crippen LogP contribution >= 0.6 is 11.6 Å². The molecule has 1 aromatic heterocycles. The van der Waals surface area contributed by atoms with Gasteiger partial charge in [-0.25, -0.2) is 4.79 Å². The molecule has 5 nitrogen and oxygen atoms in total. The molecule has 6 heteroatoms. The summed E-state index contributed by atoms with van der Waals surface area (Å²) >= 11 is 6.05. The zero-order chi connectivity index (χ0) is 19.9. The molecule has 0 bridgehead atoms. The van der Waals surface area contributed by atoms with Crippen molar-refractivity contribution in [1.29, 1.82) is 0 Å². The van der Waals surface area contributed by atoms with E-state index >= 15 is 0 Å². The molecule has 0 saturated carbocycles. The average Bonchev–Trinajstić information content (AvgIpc) is 2.74. The van der Waals surface area contributed by atoms with Crippen LogP contribution < -0.4 is 5.32 Å². The maximum absolute atomic E-state index is 13.1. The highest BCUT2D eigenvalue weighted by Gasteiger charge is 2.22. The summed E-state index contributed by atoms with van der Waals surface area (Å²) in [6.07, 6.45) is 3.95. The third-order valence-electron chi connectivity index (χ3n) is 4.32. The Bertz CT molecular complexity index is 962.